The fraction of sp³-hybridized carbons (Fsp3) is 0.500. The molecule has 5 heteroatoms. The molecule has 21 heavy (non-hydrogen) atoms. The molecule has 2 aliphatic rings. The lowest BCUT2D eigenvalue weighted by Crippen LogP contribution is -2.42. The maximum atomic E-state index is 12.5. The number of rotatable bonds is 4. The SMILES string of the molecule is O=C(CNC(=O)C1(c2cccc(Br)c2)CC1)N1CCCC1. The molecular formula is C16H19BrN2O2. The Balaban J connectivity index is 1.61. The maximum Gasteiger partial charge on any atom is 0.241 e. The van der Waals surface area contributed by atoms with Gasteiger partial charge >= 0.3 is 0 Å². The third kappa shape index (κ3) is 2.98. The zero-order valence-electron chi connectivity index (χ0n) is 11.9. The lowest BCUT2D eigenvalue weighted by Gasteiger charge is -2.19. The molecule has 2 amide bonds. The van der Waals surface area contributed by atoms with Crippen LogP contribution >= 0.6 is 15.9 Å². The van der Waals surface area contributed by atoms with Gasteiger partial charge in [-0.3, -0.25) is 9.59 Å². The van der Waals surface area contributed by atoms with Crippen molar-refractivity contribution in [2.24, 2.45) is 0 Å². The summed E-state index contributed by atoms with van der Waals surface area (Å²) in [5.41, 5.74) is 0.609. The van der Waals surface area contributed by atoms with E-state index in [-0.39, 0.29) is 18.4 Å². The molecule has 0 atom stereocenters. The normalized spacial score (nSPS) is 19.4. The van der Waals surface area contributed by atoms with Crippen molar-refractivity contribution in [3.8, 4) is 0 Å². The van der Waals surface area contributed by atoms with Crippen molar-refractivity contribution < 1.29 is 9.59 Å². The van der Waals surface area contributed by atoms with Gasteiger partial charge in [-0.25, -0.2) is 0 Å². The van der Waals surface area contributed by atoms with Gasteiger partial charge in [0.15, 0.2) is 0 Å². The van der Waals surface area contributed by atoms with Gasteiger partial charge in [0.2, 0.25) is 11.8 Å². The molecule has 2 fully saturated rings. The molecule has 3 rings (SSSR count). The molecule has 1 saturated heterocycles. The molecule has 1 aliphatic heterocycles. The first-order valence-electron chi connectivity index (χ1n) is 7.44. The zero-order chi connectivity index (χ0) is 14.9. The number of nitrogens with zero attached hydrogens (tertiary/aromatic N) is 1. The molecule has 112 valence electrons. The Kier molecular flexibility index (Phi) is 4.02. The number of halogens is 1. The Morgan fingerprint density at radius 3 is 2.57 bits per heavy atom. The van der Waals surface area contributed by atoms with Crippen LogP contribution in [0.3, 0.4) is 0 Å². The molecule has 1 saturated carbocycles. The summed E-state index contributed by atoms with van der Waals surface area (Å²) in [7, 11) is 0. The Morgan fingerprint density at radius 2 is 1.95 bits per heavy atom. The summed E-state index contributed by atoms with van der Waals surface area (Å²) in [6, 6.07) is 7.88. The molecular weight excluding hydrogens is 332 g/mol. The topological polar surface area (TPSA) is 49.4 Å². The van der Waals surface area contributed by atoms with Crippen molar-refractivity contribution in [3.63, 3.8) is 0 Å². The number of nitrogens with one attached hydrogen (secondary N) is 1. The predicted octanol–water partition coefficient (Wildman–Crippen LogP) is 2.22. The molecule has 0 bridgehead atoms. The van der Waals surface area contributed by atoms with Crippen molar-refractivity contribution >= 4 is 27.7 Å². The molecule has 1 aliphatic carbocycles. The summed E-state index contributed by atoms with van der Waals surface area (Å²) in [6.07, 6.45) is 3.85. The van der Waals surface area contributed by atoms with Crippen molar-refractivity contribution in [2.45, 2.75) is 31.1 Å². The second-order valence-corrected chi connectivity index (χ2v) is 6.78. The van der Waals surface area contributed by atoms with E-state index < -0.39 is 5.41 Å². The highest BCUT2D eigenvalue weighted by atomic mass is 79.9. The predicted molar refractivity (Wildman–Crippen MR) is 83.9 cm³/mol. The molecule has 4 nitrogen and oxygen atoms in total. The van der Waals surface area contributed by atoms with E-state index in [0.717, 1.165) is 48.8 Å². The van der Waals surface area contributed by atoms with Gasteiger partial charge in [0.1, 0.15) is 0 Å². The van der Waals surface area contributed by atoms with Gasteiger partial charge in [0.25, 0.3) is 0 Å². The average Bonchev–Trinajstić information content (AvgIpc) is 3.12. The number of hydrogen-bond acceptors (Lipinski definition) is 2. The van der Waals surface area contributed by atoms with E-state index in [9.17, 15) is 9.59 Å². The van der Waals surface area contributed by atoms with E-state index >= 15 is 0 Å². The summed E-state index contributed by atoms with van der Waals surface area (Å²) in [5, 5.41) is 2.83. The van der Waals surface area contributed by atoms with Crippen LogP contribution in [0.4, 0.5) is 0 Å². The highest BCUT2D eigenvalue weighted by Crippen LogP contribution is 2.48. The number of hydrogen-bond donors (Lipinski definition) is 1. The van der Waals surface area contributed by atoms with Crippen LogP contribution in [0, 0.1) is 0 Å². The van der Waals surface area contributed by atoms with Crippen LogP contribution in [0.2, 0.25) is 0 Å². The van der Waals surface area contributed by atoms with Gasteiger partial charge < -0.3 is 10.2 Å². The minimum Gasteiger partial charge on any atom is -0.346 e. The summed E-state index contributed by atoms with van der Waals surface area (Å²) in [5.74, 6) is 0.0130. The van der Waals surface area contributed by atoms with Gasteiger partial charge in [0, 0.05) is 17.6 Å². The fourth-order valence-corrected chi connectivity index (χ4v) is 3.36. The van der Waals surface area contributed by atoms with Gasteiger partial charge in [-0.15, -0.1) is 0 Å². The Labute approximate surface area is 133 Å². The first kappa shape index (κ1) is 14.6. The summed E-state index contributed by atoms with van der Waals surface area (Å²) in [4.78, 5) is 26.3. The van der Waals surface area contributed by atoms with Crippen molar-refractivity contribution in [1.29, 1.82) is 0 Å². The summed E-state index contributed by atoms with van der Waals surface area (Å²) in [6.45, 7) is 1.77. The maximum absolute atomic E-state index is 12.5. The van der Waals surface area contributed by atoms with Crippen LogP contribution in [-0.2, 0) is 15.0 Å². The quantitative estimate of drug-likeness (QED) is 0.904. The second kappa shape index (κ2) is 5.79. The number of carbonyl (C=O) groups is 2. The van der Waals surface area contributed by atoms with E-state index in [1.807, 2.05) is 29.2 Å². The van der Waals surface area contributed by atoms with Crippen LogP contribution in [0.15, 0.2) is 28.7 Å². The van der Waals surface area contributed by atoms with Crippen LogP contribution in [-0.4, -0.2) is 36.3 Å². The van der Waals surface area contributed by atoms with Crippen LogP contribution in [0.25, 0.3) is 0 Å². The van der Waals surface area contributed by atoms with E-state index in [1.54, 1.807) is 0 Å². The molecule has 0 spiro atoms. The zero-order valence-corrected chi connectivity index (χ0v) is 13.5. The van der Waals surface area contributed by atoms with Crippen molar-refractivity contribution in [1.82, 2.24) is 10.2 Å². The first-order valence-corrected chi connectivity index (χ1v) is 8.23. The van der Waals surface area contributed by atoms with Crippen LogP contribution in [0.1, 0.15) is 31.2 Å². The minimum absolute atomic E-state index is 0.0202. The standard InChI is InChI=1S/C16H19BrN2O2/c17-13-5-3-4-12(10-13)16(6-7-16)15(21)18-11-14(20)19-8-1-2-9-19/h3-5,10H,1-2,6-9,11H2,(H,18,21). The van der Waals surface area contributed by atoms with E-state index in [4.69, 9.17) is 0 Å². The largest absolute Gasteiger partial charge is 0.346 e. The van der Waals surface area contributed by atoms with E-state index in [2.05, 4.69) is 21.2 Å². The second-order valence-electron chi connectivity index (χ2n) is 5.86. The van der Waals surface area contributed by atoms with Gasteiger partial charge in [-0.05, 0) is 43.4 Å². The Morgan fingerprint density at radius 1 is 1.24 bits per heavy atom. The third-order valence-corrected chi connectivity index (χ3v) is 4.91. The fourth-order valence-electron chi connectivity index (χ4n) is 2.96. The number of benzene rings is 1. The number of carbonyl (C=O) groups excluding carboxylic acids is 2. The molecule has 1 heterocycles. The van der Waals surface area contributed by atoms with Crippen molar-refractivity contribution in [3.05, 3.63) is 34.3 Å². The molecule has 0 aromatic heterocycles. The molecule has 1 aromatic carbocycles. The third-order valence-electron chi connectivity index (χ3n) is 4.42. The van der Waals surface area contributed by atoms with Gasteiger partial charge in [0.05, 0.1) is 12.0 Å². The van der Waals surface area contributed by atoms with Gasteiger partial charge in [-0.2, -0.15) is 0 Å². The Hall–Kier alpha value is -1.36. The van der Waals surface area contributed by atoms with E-state index in [0.29, 0.717) is 0 Å². The highest BCUT2D eigenvalue weighted by molar-refractivity contribution is 9.10. The smallest absolute Gasteiger partial charge is 0.241 e. The van der Waals surface area contributed by atoms with Gasteiger partial charge in [-0.1, -0.05) is 28.1 Å². The molecule has 0 unspecified atom stereocenters. The van der Waals surface area contributed by atoms with Crippen molar-refractivity contribution in [2.75, 3.05) is 19.6 Å². The average molecular weight is 351 g/mol. The Bertz CT molecular complexity index is 563. The summed E-state index contributed by atoms with van der Waals surface area (Å²) < 4.78 is 0.979. The lowest BCUT2D eigenvalue weighted by molar-refractivity contribution is -0.132. The molecule has 1 aromatic rings. The summed E-state index contributed by atoms with van der Waals surface area (Å²) >= 11 is 3.45. The monoisotopic (exact) mass is 350 g/mol. The highest BCUT2D eigenvalue weighted by Gasteiger charge is 2.51. The number of amides is 2. The molecule has 0 radical (unpaired) electrons. The lowest BCUT2D eigenvalue weighted by atomic mass is 9.95. The minimum atomic E-state index is -0.422. The van der Waals surface area contributed by atoms with E-state index in [1.165, 1.54) is 0 Å². The first-order chi connectivity index (χ1) is 10.1. The molecule has 1 N–H and O–H groups in total. The van der Waals surface area contributed by atoms with Crippen LogP contribution < -0.4 is 5.32 Å². The number of likely N-dealkylation sites (tertiary alicyclic amines) is 1. The van der Waals surface area contributed by atoms with Crippen LogP contribution in [0.5, 0.6) is 0 Å².